The third-order valence-electron chi connectivity index (χ3n) is 2.83. The molecule has 1 saturated heterocycles. The quantitative estimate of drug-likeness (QED) is 0.792. The van der Waals surface area contributed by atoms with Crippen molar-refractivity contribution in [3.8, 4) is 0 Å². The topological polar surface area (TPSA) is 55.0 Å². The molecule has 1 aromatic heterocycles. The number of aromatic nitrogens is 2. The maximum Gasteiger partial charge on any atom is 0.147 e. The monoisotopic (exact) mass is 206 g/mol. The zero-order valence-electron chi connectivity index (χ0n) is 9.02. The normalized spacial score (nSPS) is 17.5. The second-order valence-corrected chi connectivity index (χ2v) is 3.97. The first-order valence-electron chi connectivity index (χ1n) is 5.66. The van der Waals surface area contributed by atoms with Crippen LogP contribution < -0.4 is 10.6 Å². The Bertz CT molecular complexity index is 288. The Labute approximate surface area is 90.5 Å². The van der Waals surface area contributed by atoms with Crippen molar-refractivity contribution in [2.45, 2.75) is 32.2 Å². The summed E-state index contributed by atoms with van der Waals surface area (Å²) in [5, 5.41) is 0. The van der Waals surface area contributed by atoms with Gasteiger partial charge in [-0.1, -0.05) is 12.8 Å². The van der Waals surface area contributed by atoms with Gasteiger partial charge in [-0.15, -0.1) is 0 Å². The Morgan fingerprint density at radius 1 is 1.07 bits per heavy atom. The van der Waals surface area contributed by atoms with E-state index in [2.05, 4.69) is 14.9 Å². The Balaban J connectivity index is 2.06. The molecule has 0 aromatic carbocycles. The molecule has 0 unspecified atom stereocenters. The number of rotatable bonds is 2. The molecule has 1 aliphatic heterocycles. The smallest absolute Gasteiger partial charge is 0.147 e. The van der Waals surface area contributed by atoms with E-state index >= 15 is 0 Å². The maximum absolute atomic E-state index is 5.49. The van der Waals surface area contributed by atoms with Gasteiger partial charge in [0.25, 0.3) is 0 Å². The van der Waals surface area contributed by atoms with E-state index in [0.717, 1.165) is 24.6 Å². The standard InChI is InChI=1S/C11H18N4/c12-7-10-8-14-11(9-13-10)15-5-3-1-2-4-6-15/h8-9H,1-7,12H2. The van der Waals surface area contributed by atoms with E-state index in [0.29, 0.717) is 6.54 Å². The maximum atomic E-state index is 5.49. The molecule has 0 bridgehead atoms. The molecular formula is C11H18N4. The summed E-state index contributed by atoms with van der Waals surface area (Å²) in [6.07, 6.45) is 8.82. The zero-order valence-corrected chi connectivity index (χ0v) is 9.02. The van der Waals surface area contributed by atoms with E-state index in [4.69, 9.17) is 5.73 Å². The molecule has 1 aromatic rings. The van der Waals surface area contributed by atoms with Gasteiger partial charge in [-0.05, 0) is 12.8 Å². The molecule has 0 atom stereocenters. The molecule has 2 rings (SSSR count). The van der Waals surface area contributed by atoms with E-state index < -0.39 is 0 Å². The van der Waals surface area contributed by atoms with Crippen molar-refractivity contribution in [1.29, 1.82) is 0 Å². The van der Waals surface area contributed by atoms with Gasteiger partial charge < -0.3 is 10.6 Å². The molecule has 82 valence electrons. The fourth-order valence-corrected chi connectivity index (χ4v) is 1.92. The first kappa shape index (κ1) is 10.4. The zero-order chi connectivity index (χ0) is 10.5. The summed E-state index contributed by atoms with van der Waals surface area (Å²) in [7, 11) is 0. The lowest BCUT2D eigenvalue weighted by atomic mass is 10.2. The van der Waals surface area contributed by atoms with Gasteiger partial charge in [-0.25, -0.2) is 4.98 Å². The van der Waals surface area contributed by atoms with Crippen LogP contribution in [0.2, 0.25) is 0 Å². The number of nitrogens with zero attached hydrogens (tertiary/aromatic N) is 3. The van der Waals surface area contributed by atoms with E-state index in [1.165, 1.54) is 25.7 Å². The van der Waals surface area contributed by atoms with Crippen LogP contribution in [0.25, 0.3) is 0 Å². The highest BCUT2D eigenvalue weighted by Gasteiger charge is 2.10. The van der Waals surface area contributed by atoms with Crippen LogP contribution in [-0.4, -0.2) is 23.1 Å². The van der Waals surface area contributed by atoms with Gasteiger partial charge in [0.2, 0.25) is 0 Å². The first-order valence-corrected chi connectivity index (χ1v) is 5.66. The molecule has 4 heteroatoms. The van der Waals surface area contributed by atoms with Crippen LogP contribution in [0.1, 0.15) is 31.4 Å². The van der Waals surface area contributed by atoms with Crippen LogP contribution in [0.15, 0.2) is 12.4 Å². The van der Waals surface area contributed by atoms with E-state index in [1.54, 1.807) is 6.20 Å². The fraction of sp³-hybridized carbons (Fsp3) is 0.636. The summed E-state index contributed by atoms with van der Waals surface area (Å²) < 4.78 is 0. The largest absolute Gasteiger partial charge is 0.355 e. The molecule has 0 saturated carbocycles. The van der Waals surface area contributed by atoms with Crippen LogP contribution in [0.5, 0.6) is 0 Å². The Morgan fingerprint density at radius 2 is 1.80 bits per heavy atom. The van der Waals surface area contributed by atoms with Crippen molar-refractivity contribution in [2.75, 3.05) is 18.0 Å². The van der Waals surface area contributed by atoms with Gasteiger partial charge in [0.15, 0.2) is 0 Å². The van der Waals surface area contributed by atoms with Crippen molar-refractivity contribution in [2.24, 2.45) is 5.73 Å². The molecule has 2 heterocycles. The summed E-state index contributed by atoms with van der Waals surface area (Å²) in [4.78, 5) is 11.0. The van der Waals surface area contributed by atoms with Crippen molar-refractivity contribution >= 4 is 5.82 Å². The lowest BCUT2D eigenvalue weighted by molar-refractivity contribution is 0.726. The number of nitrogens with two attached hydrogens (primary N) is 1. The highest BCUT2D eigenvalue weighted by Crippen LogP contribution is 2.15. The summed E-state index contributed by atoms with van der Waals surface area (Å²) >= 11 is 0. The van der Waals surface area contributed by atoms with Crippen LogP contribution in [0, 0.1) is 0 Å². The summed E-state index contributed by atoms with van der Waals surface area (Å²) in [6, 6.07) is 0. The first-order chi connectivity index (χ1) is 7.40. The van der Waals surface area contributed by atoms with Crippen LogP contribution in [-0.2, 0) is 6.54 Å². The molecule has 2 N–H and O–H groups in total. The lowest BCUT2D eigenvalue weighted by Gasteiger charge is -2.20. The summed E-state index contributed by atoms with van der Waals surface area (Å²) in [5.41, 5.74) is 6.34. The molecule has 0 amide bonds. The molecule has 1 fully saturated rings. The van der Waals surface area contributed by atoms with Crippen molar-refractivity contribution < 1.29 is 0 Å². The van der Waals surface area contributed by atoms with Gasteiger partial charge >= 0.3 is 0 Å². The molecule has 1 aliphatic rings. The average molecular weight is 206 g/mol. The minimum atomic E-state index is 0.466. The SMILES string of the molecule is NCc1cnc(N2CCCCCC2)cn1. The van der Waals surface area contributed by atoms with Crippen LogP contribution in [0.4, 0.5) is 5.82 Å². The fourth-order valence-electron chi connectivity index (χ4n) is 1.92. The highest BCUT2D eigenvalue weighted by molar-refractivity contribution is 5.35. The van der Waals surface area contributed by atoms with Gasteiger partial charge in [-0.2, -0.15) is 0 Å². The van der Waals surface area contributed by atoms with Gasteiger partial charge in [-0.3, -0.25) is 4.98 Å². The molecule has 0 spiro atoms. The van der Waals surface area contributed by atoms with E-state index in [9.17, 15) is 0 Å². The Hall–Kier alpha value is -1.16. The van der Waals surface area contributed by atoms with Crippen LogP contribution >= 0.6 is 0 Å². The third-order valence-corrected chi connectivity index (χ3v) is 2.83. The van der Waals surface area contributed by atoms with Crippen molar-refractivity contribution in [3.05, 3.63) is 18.1 Å². The molecule has 0 aliphatic carbocycles. The Kier molecular flexibility index (Phi) is 3.50. The predicted molar refractivity (Wildman–Crippen MR) is 60.6 cm³/mol. The number of hydrogen-bond acceptors (Lipinski definition) is 4. The van der Waals surface area contributed by atoms with Crippen molar-refractivity contribution in [3.63, 3.8) is 0 Å². The summed E-state index contributed by atoms with van der Waals surface area (Å²) in [5.74, 6) is 0.995. The van der Waals surface area contributed by atoms with Crippen LogP contribution in [0.3, 0.4) is 0 Å². The molecule has 15 heavy (non-hydrogen) atoms. The van der Waals surface area contributed by atoms with Gasteiger partial charge in [0, 0.05) is 19.6 Å². The number of anilines is 1. The molecule has 4 nitrogen and oxygen atoms in total. The average Bonchev–Trinajstić information content (AvgIpc) is 2.58. The van der Waals surface area contributed by atoms with Crippen molar-refractivity contribution in [1.82, 2.24) is 9.97 Å². The predicted octanol–water partition coefficient (Wildman–Crippen LogP) is 1.32. The van der Waals surface area contributed by atoms with Gasteiger partial charge in [0.1, 0.15) is 5.82 Å². The van der Waals surface area contributed by atoms with E-state index in [-0.39, 0.29) is 0 Å². The minimum absolute atomic E-state index is 0.466. The third kappa shape index (κ3) is 2.65. The second kappa shape index (κ2) is 5.07. The minimum Gasteiger partial charge on any atom is -0.355 e. The number of hydrogen-bond donors (Lipinski definition) is 1. The molecule has 0 radical (unpaired) electrons. The molecular weight excluding hydrogens is 188 g/mol. The summed E-state index contributed by atoms with van der Waals surface area (Å²) in [6.45, 7) is 2.68. The lowest BCUT2D eigenvalue weighted by Crippen LogP contribution is -2.25. The highest BCUT2D eigenvalue weighted by atomic mass is 15.2. The second-order valence-electron chi connectivity index (χ2n) is 3.97. The van der Waals surface area contributed by atoms with Gasteiger partial charge in [0.05, 0.1) is 18.1 Å². The van der Waals surface area contributed by atoms with E-state index in [1.807, 2.05) is 6.20 Å². The Morgan fingerprint density at radius 3 is 2.33 bits per heavy atom.